The Morgan fingerprint density at radius 1 is 0.913 bits per heavy atom. The van der Waals surface area contributed by atoms with Gasteiger partial charge in [-0.05, 0) is 61.7 Å². The Morgan fingerprint density at radius 2 is 1.26 bits per heavy atom. The Labute approximate surface area is 137 Å². The number of nitrogens with two attached hydrogens (primary N) is 1. The van der Waals surface area contributed by atoms with Crippen LogP contribution in [0.3, 0.4) is 0 Å². The largest absolute Gasteiger partial charge is 0.327 e. The van der Waals surface area contributed by atoms with E-state index < -0.39 is 36.8 Å². The lowest BCUT2D eigenvalue weighted by molar-refractivity contribution is -0.0748. The first-order valence-corrected chi connectivity index (χ1v) is 11.1. The highest BCUT2D eigenvalue weighted by molar-refractivity contribution is 8.04. The van der Waals surface area contributed by atoms with Gasteiger partial charge < -0.3 is 5.73 Å². The number of hydrogen-bond acceptors (Lipinski definition) is 5. The maximum atomic E-state index is 11.5. The fraction of sp³-hybridized carbons (Fsp3) is 1.00. The third kappa shape index (κ3) is 3.06. The second-order valence-electron chi connectivity index (χ2n) is 8.06. The maximum Gasteiger partial charge on any atom is 0.285 e. The molecule has 2 unspecified atom stereocenters. The summed E-state index contributed by atoms with van der Waals surface area (Å²) in [5, 5.41) is 0. The van der Waals surface area contributed by atoms with E-state index in [9.17, 15) is 25.9 Å². The Bertz CT molecular complexity index is 619. The van der Waals surface area contributed by atoms with Crippen LogP contribution in [0, 0.1) is 29.1 Å². The van der Waals surface area contributed by atoms with E-state index in [1.807, 2.05) is 0 Å². The fourth-order valence-electron chi connectivity index (χ4n) is 6.01. The molecule has 0 aromatic heterocycles. The van der Waals surface area contributed by atoms with Crippen molar-refractivity contribution < 1.29 is 25.9 Å². The maximum absolute atomic E-state index is 11.5. The number of hydrogen-bond donors (Lipinski definition) is 3. The molecule has 134 valence electrons. The minimum Gasteiger partial charge on any atom is -0.327 e. The van der Waals surface area contributed by atoms with Crippen LogP contribution in [-0.2, 0) is 20.2 Å². The van der Waals surface area contributed by atoms with Crippen LogP contribution in [0.25, 0.3) is 0 Å². The highest BCUT2D eigenvalue weighted by Gasteiger charge is 2.56. The molecule has 0 amide bonds. The van der Waals surface area contributed by atoms with Crippen molar-refractivity contribution >= 4 is 20.2 Å². The lowest BCUT2D eigenvalue weighted by Crippen LogP contribution is -2.59. The third-order valence-electron chi connectivity index (χ3n) is 6.38. The predicted molar refractivity (Wildman–Crippen MR) is 84.6 cm³/mol. The van der Waals surface area contributed by atoms with E-state index in [-0.39, 0.29) is 5.41 Å². The number of rotatable bonds is 5. The van der Waals surface area contributed by atoms with Crippen LogP contribution in [0.1, 0.15) is 45.4 Å². The standard InChI is InChI=1S/C14H25NO6S2/c1-8(13(22(16,17)18)23(19,20)21)12(15)14-5-9-2-10(6-14)4-11(3-9)7-14/h8-13H,2-7,15H2,1H3,(H,16,17,18)(H,19,20,21). The first-order chi connectivity index (χ1) is 10.4. The second-order valence-corrected chi connectivity index (χ2v) is 11.4. The van der Waals surface area contributed by atoms with Crippen molar-refractivity contribution in [1.82, 2.24) is 0 Å². The molecule has 0 spiro atoms. The summed E-state index contributed by atoms with van der Waals surface area (Å²) in [4.78, 5) is 0. The van der Waals surface area contributed by atoms with Crippen molar-refractivity contribution in [3.8, 4) is 0 Å². The van der Waals surface area contributed by atoms with Crippen LogP contribution in [0.2, 0.25) is 0 Å². The molecule has 0 saturated heterocycles. The molecule has 0 radical (unpaired) electrons. The van der Waals surface area contributed by atoms with Gasteiger partial charge in [0.05, 0.1) is 0 Å². The fourth-order valence-corrected chi connectivity index (χ4v) is 8.66. The normalized spacial score (nSPS) is 39.6. The van der Waals surface area contributed by atoms with Crippen LogP contribution in [-0.4, -0.2) is 36.6 Å². The summed E-state index contributed by atoms with van der Waals surface area (Å²) in [6, 6.07) is -0.690. The molecule has 7 nitrogen and oxygen atoms in total. The Morgan fingerprint density at radius 3 is 1.57 bits per heavy atom. The minimum atomic E-state index is -4.96. The Balaban J connectivity index is 1.91. The molecule has 23 heavy (non-hydrogen) atoms. The molecule has 4 saturated carbocycles. The molecule has 0 aromatic carbocycles. The van der Waals surface area contributed by atoms with Gasteiger partial charge in [0, 0.05) is 12.0 Å². The summed E-state index contributed by atoms with van der Waals surface area (Å²) in [6.45, 7) is 1.40. The van der Waals surface area contributed by atoms with Gasteiger partial charge in [0.15, 0.2) is 0 Å². The summed E-state index contributed by atoms with van der Waals surface area (Å²) in [6.07, 6.45) is 6.19. The molecule has 9 heteroatoms. The van der Waals surface area contributed by atoms with Gasteiger partial charge >= 0.3 is 0 Å². The van der Waals surface area contributed by atoms with Crippen molar-refractivity contribution in [2.45, 2.75) is 56.1 Å². The second kappa shape index (κ2) is 5.39. The van der Waals surface area contributed by atoms with Crippen LogP contribution >= 0.6 is 0 Å². The van der Waals surface area contributed by atoms with Gasteiger partial charge in [-0.1, -0.05) is 6.92 Å². The van der Waals surface area contributed by atoms with Gasteiger partial charge in [-0.15, -0.1) is 0 Å². The van der Waals surface area contributed by atoms with Gasteiger partial charge in [0.1, 0.15) is 0 Å². The molecule has 4 aliphatic carbocycles. The monoisotopic (exact) mass is 367 g/mol. The molecule has 4 aliphatic rings. The summed E-state index contributed by atoms with van der Waals surface area (Å²) in [7, 11) is -9.91. The lowest BCUT2D eigenvalue weighted by Gasteiger charge is -2.60. The van der Waals surface area contributed by atoms with Gasteiger partial charge in [-0.25, -0.2) is 0 Å². The van der Waals surface area contributed by atoms with Gasteiger partial charge in [-0.3, -0.25) is 9.11 Å². The molecule has 4 fully saturated rings. The molecule has 4 rings (SSSR count). The molecule has 4 N–H and O–H groups in total. The topological polar surface area (TPSA) is 135 Å². The van der Waals surface area contributed by atoms with Crippen molar-refractivity contribution in [3.63, 3.8) is 0 Å². The summed E-state index contributed by atoms with van der Waals surface area (Å²) in [5.41, 5.74) is 6.08. The summed E-state index contributed by atoms with van der Waals surface area (Å²) in [5.74, 6) is 0.662. The molecular formula is C14H25NO6S2. The van der Waals surface area contributed by atoms with E-state index in [0.717, 1.165) is 19.3 Å². The quantitative estimate of drug-likeness (QED) is 0.623. The van der Waals surface area contributed by atoms with E-state index in [1.165, 1.54) is 26.2 Å². The molecule has 2 atom stereocenters. The van der Waals surface area contributed by atoms with Crippen LogP contribution in [0.5, 0.6) is 0 Å². The SMILES string of the molecule is CC(C(N)C12CC3CC(CC(C3)C1)C2)C(S(=O)(=O)O)S(=O)(=O)O. The van der Waals surface area contributed by atoms with Crippen molar-refractivity contribution in [2.75, 3.05) is 0 Å². The molecular weight excluding hydrogens is 342 g/mol. The van der Waals surface area contributed by atoms with Gasteiger partial charge in [-0.2, -0.15) is 16.8 Å². The summed E-state index contributed by atoms with van der Waals surface area (Å²) >= 11 is 0. The minimum absolute atomic E-state index is 0.276. The Kier molecular flexibility index (Phi) is 4.12. The van der Waals surface area contributed by atoms with Crippen LogP contribution in [0.4, 0.5) is 0 Å². The van der Waals surface area contributed by atoms with Crippen LogP contribution < -0.4 is 5.73 Å². The van der Waals surface area contributed by atoms with Crippen molar-refractivity contribution in [2.24, 2.45) is 34.8 Å². The van der Waals surface area contributed by atoms with E-state index in [2.05, 4.69) is 0 Å². The highest BCUT2D eigenvalue weighted by atomic mass is 32.3. The zero-order chi connectivity index (χ0) is 17.2. The first-order valence-electron chi connectivity index (χ1n) is 8.10. The smallest absolute Gasteiger partial charge is 0.285 e. The van der Waals surface area contributed by atoms with E-state index >= 15 is 0 Å². The van der Waals surface area contributed by atoms with Crippen molar-refractivity contribution in [3.05, 3.63) is 0 Å². The molecule has 0 heterocycles. The molecule has 0 aliphatic heterocycles. The van der Waals surface area contributed by atoms with Crippen LogP contribution in [0.15, 0.2) is 0 Å². The van der Waals surface area contributed by atoms with E-state index in [4.69, 9.17) is 5.73 Å². The summed E-state index contributed by atoms with van der Waals surface area (Å²) < 4.78 is 62.4. The molecule has 0 aromatic rings. The molecule has 4 bridgehead atoms. The highest BCUT2D eigenvalue weighted by Crippen LogP contribution is 2.61. The Hall–Kier alpha value is -0.220. The zero-order valence-electron chi connectivity index (χ0n) is 13.1. The average molecular weight is 367 g/mol. The lowest BCUT2D eigenvalue weighted by atomic mass is 9.47. The van der Waals surface area contributed by atoms with Gasteiger partial charge in [0.2, 0.25) is 4.58 Å². The van der Waals surface area contributed by atoms with E-state index in [1.54, 1.807) is 0 Å². The zero-order valence-corrected chi connectivity index (χ0v) is 14.8. The van der Waals surface area contributed by atoms with Gasteiger partial charge in [0.25, 0.3) is 20.2 Å². The van der Waals surface area contributed by atoms with Crippen molar-refractivity contribution in [1.29, 1.82) is 0 Å². The third-order valence-corrected chi connectivity index (χ3v) is 9.87. The average Bonchev–Trinajstić information content (AvgIpc) is 2.32. The predicted octanol–water partition coefficient (Wildman–Crippen LogP) is 1.27. The first kappa shape index (κ1) is 17.6. The van der Waals surface area contributed by atoms with E-state index in [0.29, 0.717) is 17.8 Å².